The number of aliphatic carboxylic acids is 2. The predicted octanol–water partition coefficient (Wildman–Crippen LogP) is 4.65. The van der Waals surface area contributed by atoms with Crippen LogP contribution < -0.4 is 32.3 Å². The Kier molecular flexibility index (Phi) is 32.9. The number of imidazole rings is 1. The highest BCUT2D eigenvalue weighted by Gasteiger charge is 2.49. The standard InChI is InChI=1S/C83H101FN10O21/c1-8-51-32-58(98)24-25-61(51)52-21-18-49(19-22-52)31-66(69(100)33-55(75(85)108)30-50-20-26-65(87-41-50)60-16-11-9-14-46(60)2)90-77(110)56(36-74(106)107)34-70(101)68(44-95)91-78(111)63(48(4)97)39-71(102)82(5,40-54-15-10-12-17-64(54)84)93-79(112)62(47(3)96)38-59(99)43-88-76(109)53(23-27-73(104)105)35-72(103)83(6)28-13-29-94(83)80(113)67(92-81(114)115-7)37-57-42-86-45-89-57/h9-12,14-22,24-26,32,41-42,45,47-48,53,55-56,62-63,66-68,95-98H,8,13,23,27-31,33-40,43-44H2,1-7H3,(H2,85,108)(H,86,89)(H,88,109)(H,90,110)(H,91,111)(H,92,114)(H,93,112)(H,104,105)(H,106,107)/t47-,48-,53-,55-,56+,62+,63+,66+,67+,68+,82+,83-/m1/s1. The van der Waals surface area contributed by atoms with Crippen LogP contribution in [-0.2, 0) is 99.2 Å². The Morgan fingerprint density at radius 1 is 0.687 bits per heavy atom. The number of carboxylic acid groups (broad SMARTS) is 2. The van der Waals surface area contributed by atoms with Crippen LogP contribution in [0.2, 0.25) is 0 Å². The average molecular weight is 1590 g/mol. The fraction of sp³-hybridized carbons (Fsp3) is 0.446. The van der Waals surface area contributed by atoms with Gasteiger partial charge in [0, 0.05) is 87.7 Å². The average Bonchev–Trinajstić information content (AvgIpc) is 1.69. The van der Waals surface area contributed by atoms with E-state index in [9.17, 15) is 97.8 Å². The number of carbonyl (C=O) groups is 14. The minimum atomic E-state index is -2.28. The molecule has 6 aromatic rings. The molecule has 3 heterocycles. The van der Waals surface area contributed by atoms with Gasteiger partial charge in [0.05, 0.1) is 91.5 Å². The van der Waals surface area contributed by atoms with E-state index in [-0.39, 0.29) is 43.5 Å². The highest BCUT2D eigenvalue weighted by molar-refractivity contribution is 6.01. The largest absolute Gasteiger partial charge is 0.508 e. The summed E-state index contributed by atoms with van der Waals surface area (Å²) in [4.78, 5) is 206. The maximum absolute atomic E-state index is 15.6. The van der Waals surface area contributed by atoms with Crippen LogP contribution in [0.1, 0.15) is 132 Å². The van der Waals surface area contributed by atoms with Gasteiger partial charge in [-0.2, -0.15) is 0 Å². The zero-order chi connectivity index (χ0) is 84.6. The van der Waals surface area contributed by atoms with E-state index in [2.05, 4.69) is 41.5 Å². The van der Waals surface area contributed by atoms with Gasteiger partial charge in [-0.05, 0) is 136 Å². The Hall–Kier alpha value is -11.8. The molecule has 4 aromatic carbocycles. The summed E-state index contributed by atoms with van der Waals surface area (Å²) < 4.78 is 20.3. The summed E-state index contributed by atoms with van der Waals surface area (Å²) in [6.07, 6.45) is -6.07. The number of H-pyrrole nitrogens is 1. The second kappa shape index (κ2) is 41.8. The molecule has 7 amide bonds. The highest BCUT2D eigenvalue weighted by Crippen LogP contribution is 2.35. The minimum Gasteiger partial charge on any atom is -0.508 e. The van der Waals surface area contributed by atoms with Crippen LogP contribution in [0.15, 0.2) is 122 Å². The summed E-state index contributed by atoms with van der Waals surface area (Å²) in [7, 11) is 1.10. The number of amides is 7. The molecule has 1 fully saturated rings. The molecule has 1 aliphatic rings. The molecule has 14 N–H and O–H groups in total. The fourth-order valence-electron chi connectivity index (χ4n) is 14.1. The van der Waals surface area contributed by atoms with E-state index in [4.69, 9.17) is 10.5 Å². The molecule has 0 spiro atoms. The van der Waals surface area contributed by atoms with Gasteiger partial charge in [0.1, 0.15) is 23.7 Å². The zero-order valence-electron chi connectivity index (χ0n) is 65.2. The maximum atomic E-state index is 15.6. The van der Waals surface area contributed by atoms with Crippen LogP contribution in [0, 0.1) is 42.3 Å². The lowest BCUT2D eigenvalue weighted by molar-refractivity contribution is -0.145. The van der Waals surface area contributed by atoms with Crippen molar-refractivity contribution in [1.29, 1.82) is 0 Å². The quantitative estimate of drug-likeness (QED) is 0.0247. The van der Waals surface area contributed by atoms with Crippen molar-refractivity contribution >= 4 is 82.4 Å². The molecule has 32 heteroatoms. The van der Waals surface area contributed by atoms with Crippen LogP contribution in [0.3, 0.4) is 0 Å². The van der Waals surface area contributed by atoms with E-state index >= 15 is 4.39 Å². The number of alkyl carbamates (subject to hydrolysis) is 1. The number of pyridine rings is 1. The number of primary amides is 1. The first-order chi connectivity index (χ1) is 54.5. The van der Waals surface area contributed by atoms with Crippen molar-refractivity contribution in [3.8, 4) is 28.1 Å². The number of likely N-dealkylation sites (tertiary alicyclic amines) is 1. The number of nitrogens with one attached hydrogen (secondary N) is 6. The number of ketones is 5. The van der Waals surface area contributed by atoms with Crippen molar-refractivity contribution < 1.29 is 107 Å². The van der Waals surface area contributed by atoms with Crippen molar-refractivity contribution in [2.24, 2.45) is 35.3 Å². The first kappa shape index (κ1) is 90.4. The van der Waals surface area contributed by atoms with Crippen molar-refractivity contribution in [2.45, 2.75) is 179 Å². The Morgan fingerprint density at radius 2 is 1.34 bits per heavy atom. The number of rotatable bonds is 45. The van der Waals surface area contributed by atoms with Gasteiger partial charge < -0.3 is 77.6 Å². The minimum absolute atomic E-state index is 0.0491. The Balaban J connectivity index is 1.05. The number of hydrogen-bond donors (Lipinski definition) is 13. The monoisotopic (exact) mass is 1590 g/mol. The maximum Gasteiger partial charge on any atom is 0.407 e. The third-order valence-corrected chi connectivity index (χ3v) is 21.0. The summed E-state index contributed by atoms with van der Waals surface area (Å²) in [5, 5.41) is 75.1. The number of Topliss-reactive ketones (excluding diaryl/α,β-unsaturated/α-hetero) is 5. The summed E-state index contributed by atoms with van der Waals surface area (Å²) in [6.45, 7) is 6.69. The lowest BCUT2D eigenvalue weighted by Gasteiger charge is -2.37. The summed E-state index contributed by atoms with van der Waals surface area (Å²) in [5.41, 5.74) is 8.23. The molecule has 0 bridgehead atoms. The number of aliphatic hydroxyl groups is 3. The molecule has 12 atom stereocenters. The second-order valence-corrected chi connectivity index (χ2v) is 29.7. The molecule has 7 rings (SSSR count). The highest BCUT2D eigenvalue weighted by atomic mass is 19.1. The number of nitrogens with zero attached hydrogens (tertiary/aromatic N) is 3. The normalized spacial score (nSPS) is 16.4. The number of phenolic OH excluding ortho intramolecular Hbond substituents is 1. The molecule has 31 nitrogen and oxygen atoms in total. The molecule has 1 aliphatic heterocycles. The first-order valence-corrected chi connectivity index (χ1v) is 37.8. The number of aryl methyl sites for hydroxylation is 2. The van der Waals surface area contributed by atoms with E-state index in [0.29, 0.717) is 35.4 Å². The van der Waals surface area contributed by atoms with Gasteiger partial charge >= 0.3 is 18.0 Å². The molecular weight excluding hydrogens is 1490 g/mol. The number of aliphatic hydroxyl groups excluding tert-OH is 3. The predicted molar refractivity (Wildman–Crippen MR) is 414 cm³/mol. The Bertz CT molecular complexity index is 4500. The molecule has 115 heavy (non-hydrogen) atoms. The topological polar surface area (TPSA) is 501 Å². The van der Waals surface area contributed by atoms with E-state index in [1.807, 2.05) is 38.1 Å². The molecule has 0 saturated carbocycles. The number of aromatic amines is 1. The van der Waals surface area contributed by atoms with E-state index in [0.717, 1.165) is 61.8 Å². The van der Waals surface area contributed by atoms with Crippen LogP contribution >= 0.6 is 0 Å². The van der Waals surface area contributed by atoms with Gasteiger partial charge in [-0.25, -0.2) is 14.2 Å². The van der Waals surface area contributed by atoms with Gasteiger partial charge in [-0.1, -0.05) is 85.8 Å². The number of nitrogens with two attached hydrogens (primary N) is 1. The molecule has 0 radical (unpaired) electrons. The summed E-state index contributed by atoms with van der Waals surface area (Å²) in [6, 6.07) is 23.2. The van der Waals surface area contributed by atoms with E-state index < -0.39 is 230 Å². The van der Waals surface area contributed by atoms with Crippen molar-refractivity contribution in [3.63, 3.8) is 0 Å². The molecule has 0 aliphatic carbocycles. The molecule has 2 aromatic heterocycles. The zero-order valence-corrected chi connectivity index (χ0v) is 65.2. The number of phenols is 1. The molecular formula is C83H101FN10O21. The molecule has 0 unspecified atom stereocenters. The van der Waals surface area contributed by atoms with Crippen LogP contribution in [0.4, 0.5) is 9.18 Å². The summed E-state index contributed by atoms with van der Waals surface area (Å²) >= 11 is 0. The van der Waals surface area contributed by atoms with Crippen LogP contribution in [-0.4, -0.2) is 201 Å². The molecule has 616 valence electrons. The molecule has 1 saturated heterocycles. The van der Waals surface area contributed by atoms with Crippen LogP contribution in [0.5, 0.6) is 5.75 Å². The third-order valence-electron chi connectivity index (χ3n) is 21.0. The number of ether oxygens (including phenoxy) is 1. The third kappa shape index (κ3) is 25.4. The number of benzene rings is 4. The van der Waals surface area contributed by atoms with E-state index in [1.54, 1.807) is 54.7 Å². The number of methoxy groups -OCH3 is 1. The number of aromatic hydroxyl groups is 1. The first-order valence-electron chi connectivity index (χ1n) is 37.8. The van der Waals surface area contributed by atoms with Gasteiger partial charge in [0.2, 0.25) is 35.4 Å². The van der Waals surface area contributed by atoms with Crippen molar-refractivity contribution in [2.75, 3.05) is 26.8 Å². The lowest BCUT2D eigenvalue weighted by atomic mass is 9.81. The van der Waals surface area contributed by atoms with Gasteiger partial charge in [-0.15, -0.1) is 0 Å². The Morgan fingerprint density at radius 3 is 1.95 bits per heavy atom. The number of carbonyl (C=O) groups excluding carboxylic acids is 12. The SMILES string of the molecule is CCc1cc(O)ccc1-c1ccc(C[C@H](NC(=O)[C@H](CC(=O)O)CC(=O)[C@H](CO)NC(=O)[C@@H](CC(=O)[C@](C)(Cc2ccccc2F)NC(=O)[C@@H](CC(=O)CNC(=O)[C@H](CCC(=O)O)CC(=O)[C@@]2(C)CCCN2C(=O)[C@H](Cc2c[nH]cn2)NC(=O)OC)[C@@H](C)O)[C@@H](C)O)C(=O)C[C@@H](Cc2ccc(-c3ccccc3C)nc2)C(N)=O)cc1. The second-order valence-electron chi connectivity index (χ2n) is 29.7. The number of aromatic nitrogens is 3. The smallest absolute Gasteiger partial charge is 0.407 e. The fourth-order valence-corrected chi connectivity index (χ4v) is 14.1. The number of hydrogen-bond acceptors (Lipinski definition) is 21. The van der Waals surface area contributed by atoms with Crippen LogP contribution in [0.25, 0.3) is 22.4 Å². The van der Waals surface area contributed by atoms with Gasteiger partial charge in [0.25, 0.3) is 0 Å². The van der Waals surface area contributed by atoms with Gasteiger partial charge in [-0.3, -0.25) is 67.3 Å². The Labute approximate surface area is 663 Å². The number of carboxylic acids is 2. The van der Waals surface area contributed by atoms with Crippen molar-refractivity contribution in [3.05, 3.63) is 161 Å². The lowest BCUT2D eigenvalue weighted by Crippen LogP contribution is -2.58. The van der Waals surface area contributed by atoms with E-state index in [1.165, 1.54) is 48.6 Å². The number of halogens is 1. The summed E-state index contributed by atoms with van der Waals surface area (Å²) in [5.74, 6) is -22.2. The van der Waals surface area contributed by atoms with Gasteiger partial charge in [0.15, 0.2) is 28.9 Å². The van der Waals surface area contributed by atoms with Crippen molar-refractivity contribution in [1.82, 2.24) is 46.4 Å².